The summed E-state index contributed by atoms with van der Waals surface area (Å²) in [6.07, 6.45) is 8.82. The summed E-state index contributed by atoms with van der Waals surface area (Å²) >= 11 is 0.232. The number of ether oxygens (including phenoxy) is 1. The van der Waals surface area contributed by atoms with Gasteiger partial charge >= 0.3 is 5.97 Å². The highest BCUT2D eigenvalue weighted by molar-refractivity contribution is 8.00. The number of halogens is 4. The number of carboxylic acids is 1. The molecule has 5 heterocycles. The van der Waals surface area contributed by atoms with Crippen LogP contribution in [0.15, 0.2) is 17.0 Å². The zero-order valence-electron chi connectivity index (χ0n) is 24.8. The monoisotopic (exact) mass is 637 g/mol. The molecule has 0 bridgehead atoms. The molecule has 0 aromatic heterocycles. The van der Waals surface area contributed by atoms with Crippen molar-refractivity contribution in [2.24, 2.45) is 0 Å². The average Bonchev–Trinajstić information content (AvgIpc) is 3.38. The van der Waals surface area contributed by atoms with Gasteiger partial charge in [-0.1, -0.05) is 0 Å². The first-order valence-corrected chi connectivity index (χ1v) is 17.0. The van der Waals surface area contributed by atoms with E-state index in [0.717, 1.165) is 124 Å². The number of nitrogens with zero attached hydrogens (tertiary/aromatic N) is 2. The minimum atomic E-state index is -1.58. The first kappa shape index (κ1) is 28.9. The van der Waals surface area contributed by atoms with Crippen molar-refractivity contribution in [3.63, 3.8) is 0 Å². The van der Waals surface area contributed by atoms with Crippen LogP contribution in [0.2, 0.25) is 0 Å². The maximum Gasteiger partial charge on any atom is 0.313 e. The van der Waals surface area contributed by atoms with E-state index in [0.29, 0.717) is 22.3 Å². The minimum absolute atomic E-state index is 0.106. The lowest BCUT2D eigenvalue weighted by Crippen LogP contribution is -2.41. The smallest absolute Gasteiger partial charge is 0.313 e. The Morgan fingerprint density at radius 1 is 0.822 bits per heavy atom. The standard InChI is InChI=1S/C35H32F4N2O3S/c36-27-26(28(37)30(39)35(29(27)38)45-17-24(42)43)25-22-15-18-7-1-3-11-40-13-5-9-20(31(18)40)33(22)44-34-21-10-6-14-41-12-4-2-8-19(32(21)41)16-23(25)34/h15-16H,1-14,17H2/p+1. The van der Waals surface area contributed by atoms with E-state index < -0.39 is 45.4 Å². The number of carboxylic acid groups (broad SMARTS) is 1. The van der Waals surface area contributed by atoms with Crippen molar-refractivity contribution < 1.29 is 32.2 Å². The number of aryl methyl sites for hydroxylation is 2. The Labute approximate surface area is 262 Å². The molecule has 0 amide bonds. The van der Waals surface area contributed by atoms with Crippen LogP contribution in [0.25, 0.3) is 5.57 Å². The largest absolute Gasteiger partial charge is 0.481 e. The van der Waals surface area contributed by atoms with Gasteiger partial charge in [0, 0.05) is 59.1 Å². The third-order valence-electron chi connectivity index (χ3n) is 10.0. The second-order valence-corrected chi connectivity index (χ2v) is 13.7. The predicted octanol–water partition coefficient (Wildman–Crippen LogP) is 5.64. The molecule has 5 aliphatic heterocycles. The first-order chi connectivity index (χ1) is 21.8. The number of benzene rings is 3. The van der Waals surface area contributed by atoms with E-state index in [-0.39, 0.29) is 17.3 Å². The summed E-state index contributed by atoms with van der Waals surface area (Å²) in [5, 5.41) is 10.7. The van der Waals surface area contributed by atoms with Gasteiger partial charge in [-0.3, -0.25) is 4.79 Å². The van der Waals surface area contributed by atoms with Gasteiger partial charge in [-0.25, -0.2) is 22.1 Å². The van der Waals surface area contributed by atoms with Crippen LogP contribution in [0, 0.1) is 23.3 Å². The highest BCUT2D eigenvalue weighted by atomic mass is 32.2. The summed E-state index contributed by atoms with van der Waals surface area (Å²) in [5.41, 5.74) is 5.02. The molecule has 0 atom stereocenters. The maximum absolute atomic E-state index is 16.3. The Hall–Kier alpha value is -3.53. The number of anilines is 1. The quantitative estimate of drug-likeness (QED) is 0.136. The molecule has 3 aromatic rings. The molecule has 234 valence electrons. The lowest BCUT2D eigenvalue weighted by Gasteiger charge is -2.35. The van der Waals surface area contributed by atoms with Crippen molar-refractivity contribution in [2.75, 3.05) is 36.8 Å². The summed E-state index contributed by atoms with van der Waals surface area (Å²) in [7, 11) is 0. The van der Waals surface area contributed by atoms with E-state index in [1.807, 2.05) is 12.1 Å². The first-order valence-electron chi connectivity index (χ1n) is 16.0. The van der Waals surface area contributed by atoms with Gasteiger partial charge in [0.2, 0.25) is 5.36 Å². The Kier molecular flexibility index (Phi) is 7.11. The van der Waals surface area contributed by atoms with Crippen LogP contribution >= 0.6 is 11.8 Å². The van der Waals surface area contributed by atoms with Crippen LogP contribution < -0.4 is 24.8 Å². The van der Waals surface area contributed by atoms with Crippen LogP contribution in [-0.4, -0.2) is 43.0 Å². The second-order valence-electron chi connectivity index (χ2n) is 12.7. The molecular formula is C35H33F4N2O3S+. The molecule has 45 heavy (non-hydrogen) atoms. The summed E-state index contributed by atoms with van der Waals surface area (Å²) in [4.78, 5) is 12.6. The van der Waals surface area contributed by atoms with Crippen LogP contribution in [-0.2, 0) is 30.5 Å². The van der Waals surface area contributed by atoms with E-state index >= 15 is 17.6 Å². The molecule has 3 aromatic carbocycles. The summed E-state index contributed by atoms with van der Waals surface area (Å²) < 4.78 is 73.2. The SMILES string of the molecule is O=C(O)CSc1c(F)c(F)c(C2=c3cc4c5c(c3Oc3c2cc2c6c3CCCN6CCCC2)CCC[N+]=5CCCC4)c(F)c1F. The molecule has 5 aliphatic rings. The zero-order valence-corrected chi connectivity index (χ0v) is 25.7. The molecule has 1 N–H and O–H groups in total. The number of rotatable bonds is 4. The highest BCUT2D eigenvalue weighted by Crippen LogP contribution is 2.49. The highest BCUT2D eigenvalue weighted by Gasteiger charge is 2.38. The fraction of sp³-hybridized carbons (Fsp3) is 0.429. The molecule has 0 spiro atoms. The molecule has 0 radical (unpaired) electrons. The molecule has 0 unspecified atom stereocenters. The van der Waals surface area contributed by atoms with Gasteiger partial charge in [-0.05, 0) is 69.1 Å². The molecule has 0 fully saturated rings. The Morgan fingerprint density at radius 2 is 1.53 bits per heavy atom. The van der Waals surface area contributed by atoms with Gasteiger partial charge in [-0.2, -0.15) is 0 Å². The molecule has 8 rings (SSSR count). The predicted molar refractivity (Wildman–Crippen MR) is 164 cm³/mol. The van der Waals surface area contributed by atoms with Crippen molar-refractivity contribution >= 4 is 29.0 Å². The summed E-state index contributed by atoms with van der Waals surface area (Å²) in [6, 6.07) is 3.86. The zero-order chi connectivity index (χ0) is 31.0. The lowest BCUT2D eigenvalue weighted by molar-refractivity contribution is -0.133. The van der Waals surface area contributed by atoms with Crippen molar-refractivity contribution in [3.8, 4) is 11.5 Å². The number of thioether (sulfide) groups is 1. The minimum Gasteiger partial charge on any atom is -0.481 e. The summed E-state index contributed by atoms with van der Waals surface area (Å²) in [6.45, 7) is 3.70. The number of hydrogen-bond acceptors (Lipinski definition) is 4. The molecule has 0 saturated heterocycles. The van der Waals surface area contributed by atoms with Crippen molar-refractivity contribution in [2.45, 2.75) is 69.1 Å². The third kappa shape index (κ3) is 4.49. The average molecular weight is 638 g/mol. The topological polar surface area (TPSA) is 52.8 Å². The maximum atomic E-state index is 16.3. The van der Waals surface area contributed by atoms with Crippen molar-refractivity contribution in [1.29, 1.82) is 0 Å². The number of aliphatic carboxylic acids is 1. The lowest BCUT2D eigenvalue weighted by atomic mass is 9.84. The van der Waals surface area contributed by atoms with E-state index in [1.54, 1.807) is 0 Å². The van der Waals surface area contributed by atoms with Gasteiger partial charge in [0.15, 0.2) is 23.3 Å². The Bertz CT molecular complexity index is 1910. The van der Waals surface area contributed by atoms with Crippen LogP contribution in [0.3, 0.4) is 0 Å². The normalized spacial score (nSPS) is 18.3. The van der Waals surface area contributed by atoms with Crippen LogP contribution in [0.1, 0.15) is 71.9 Å². The van der Waals surface area contributed by atoms with Crippen molar-refractivity contribution in [1.82, 2.24) is 4.58 Å². The molecule has 0 saturated carbocycles. The van der Waals surface area contributed by atoms with E-state index in [1.165, 1.54) is 0 Å². The van der Waals surface area contributed by atoms with Gasteiger partial charge in [0.05, 0.1) is 21.8 Å². The van der Waals surface area contributed by atoms with E-state index in [9.17, 15) is 4.79 Å². The second kappa shape index (κ2) is 11.1. The summed E-state index contributed by atoms with van der Waals surface area (Å²) in [5.74, 6) is -7.25. The molecular weight excluding hydrogens is 604 g/mol. The van der Waals surface area contributed by atoms with Gasteiger partial charge in [0.1, 0.15) is 24.6 Å². The number of fused-ring (bicyclic) bond motifs is 4. The molecule has 10 heteroatoms. The Morgan fingerprint density at radius 3 is 2.33 bits per heavy atom. The molecule has 0 aliphatic carbocycles. The van der Waals surface area contributed by atoms with Gasteiger partial charge in [-0.15, -0.1) is 11.8 Å². The Balaban J connectivity index is 1.50. The molecule has 5 nitrogen and oxygen atoms in total. The van der Waals surface area contributed by atoms with Gasteiger partial charge < -0.3 is 14.7 Å². The number of hydrogen-bond donors (Lipinski definition) is 1. The van der Waals surface area contributed by atoms with Crippen molar-refractivity contribution in [3.05, 3.63) is 79.4 Å². The van der Waals surface area contributed by atoms with E-state index in [2.05, 4.69) is 9.48 Å². The van der Waals surface area contributed by atoms with Crippen LogP contribution in [0.4, 0.5) is 23.2 Å². The van der Waals surface area contributed by atoms with Crippen LogP contribution in [0.5, 0.6) is 11.5 Å². The van der Waals surface area contributed by atoms with E-state index in [4.69, 9.17) is 9.84 Å². The fourth-order valence-corrected chi connectivity index (χ4v) is 8.89. The third-order valence-corrected chi connectivity index (χ3v) is 11.0. The van der Waals surface area contributed by atoms with Gasteiger partial charge in [0.25, 0.3) is 0 Å². The fourth-order valence-electron chi connectivity index (χ4n) is 8.19. The number of carbonyl (C=O) groups is 1.